The highest BCUT2D eigenvalue weighted by atomic mass is 16.5. The van der Waals surface area contributed by atoms with E-state index in [1.165, 1.54) is 0 Å². The number of nitrogen functional groups attached to an aromatic ring is 1. The van der Waals surface area contributed by atoms with Crippen molar-refractivity contribution in [3.8, 4) is 5.75 Å². The standard InChI is InChI=1S/C17H24N2O3/c1-6-8-19-11(4)13(17(20)22-7-2)14-12(19)9-10(3)16(21-5)15(14)18/h9H,6-8,18H2,1-5H3. The van der Waals surface area contributed by atoms with Crippen LogP contribution in [0.3, 0.4) is 0 Å². The maximum absolute atomic E-state index is 12.4. The Morgan fingerprint density at radius 1 is 1.32 bits per heavy atom. The van der Waals surface area contributed by atoms with Crippen molar-refractivity contribution in [3.63, 3.8) is 0 Å². The molecule has 0 unspecified atom stereocenters. The third-order valence-corrected chi connectivity index (χ3v) is 3.92. The van der Waals surface area contributed by atoms with E-state index in [1.54, 1.807) is 14.0 Å². The number of aryl methyl sites for hydroxylation is 2. The van der Waals surface area contributed by atoms with Gasteiger partial charge in [0.25, 0.3) is 0 Å². The summed E-state index contributed by atoms with van der Waals surface area (Å²) in [5.41, 5.74) is 10.1. The SMILES string of the molecule is CCCn1c(C)c(C(=O)OCC)c2c(N)c(OC)c(C)cc21. The number of hydrogen-bond acceptors (Lipinski definition) is 4. The number of carbonyl (C=O) groups is 1. The molecular weight excluding hydrogens is 280 g/mol. The first kappa shape index (κ1) is 16.2. The number of rotatable bonds is 5. The van der Waals surface area contributed by atoms with Gasteiger partial charge in [-0.1, -0.05) is 6.92 Å². The summed E-state index contributed by atoms with van der Waals surface area (Å²) in [7, 11) is 1.59. The van der Waals surface area contributed by atoms with Gasteiger partial charge in [0.1, 0.15) is 5.75 Å². The second kappa shape index (κ2) is 6.30. The Morgan fingerprint density at radius 2 is 2.00 bits per heavy atom. The molecular formula is C17H24N2O3. The average Bonchev–Trinajstić information content (AvgIpc) is 2.74. The third kappa shape index (κ3) is 2.40. The predicted octanol–water partition coefficient (Wildman–Crippen LogP) is 3.44. The van der Waals surface area contributed by atoms with Crippen LogP contribution in [0.15, 0.2) is 6.07 Å². The molecule has 0 aliphatic rings. The number of nitrogens with two attached hydrogens (primary N) is 1. The molecule has 0 spiro atoms. The zero-order valence-corrected chi connectivity index (χ0v) is 13.9. The first-order valence-corrected chi connectivity index (χ1v) is 7.60. The minimum absolute atomic E-state index is 0.335. The Labute approximate surface area is 131 Å². The molecule has 0 amide bonds. The number of ether oxygens (including phenoxy) is 2. The maximum Gasteiger partial charge on any atom is 0.340 e. The smallest absolute Gasteiger partial charge is 0.340 e. The van der Waals surface area contributed by atoms with Gasteiger partial charge >= 0.3 is 5.97 Å². The Kier molecular flexibility index (Phi) is 4.64. The molecule has 0 saturated heterocycles. The fourth-order valence-electron chi connectivity index (χ4n) is 3.01. The third-order valence-electron chi connectivity index (χ3n) is 3.92. The van der Waals surface area contributed by atoms with Crippen LogP contribution in [-0.4, -0.2) is 24.3 Å². The minimum Gasteiger partial charge on any atom is -0.494 e. The molecule has 1 heterocycles. The van der Waals surface area contributed by atoms with E-state index < -0.39 is 0 Å². The van der Waals surface area contributed by atoms with Gasteiger partial charge in [-0.3, -0.25) is 0 Å². The molecule has 2 aromatic rings. The summed E-state index contributed by atoms with van der Waals surface area (Å²) in [6, 6.07) is 2.02. The van der Waals surface area contributed by atoms with Gasteiger partial charge in [-0.15, -0.1) is 0 Å². The summed E-state index contributed by atoms with van der Waals surface area (Å²) in [6.45, 7) is 8.95. The van der Waals surface area contributed by atoms with Crippen LogP contribution in [0.5, 0.6) is 5.75 Å². The summed E-state index contributed by atoms with van der Waals surface area (Å²) in [5.74, 6) is 0.282. The van der Waals surface area contributed by atoms with E-state index in [0.29, 0.717) is 23.6 Å². The highest BCUT2D eigenvalue weighted by molar-refractivity contribution is 6.12. The van der Waals surface area contributed by atoms with Crippen molar-refractivity contribution >= 4 is 22.6 Å². The first-order chi connectivity index (χ1) is 10.5. The Morgan fingerprint density at radius 3 is 2.55 bits per heavy atom. The normalized spacial score (nSPS) is 11.0. The van der Waals surface area contributed by atoms with E-state index in [9.17, 15) is 4.79 Å². The van der Waals surface area contributed by atoms with Crippen LogP contribution in [0, 0.1) is 13.8 Å². The van der Waals surface area contributed by atoms with E-state index in [2.05, 4.69) is 11.5 Å². The van der Waals surface area contributed by atoms with E-state index in [1.807, 2.05) is 19.9 Å². The Bertz CT molecular complexity index is 717. The minimum atomic E-state index is -0.336. The van der Waals surface area contributed by atoms with Crippen LogP contribution in [0.1, 0.15) is 41.9 Å². The van der Waals surface area contributed by atoms with Crippen LogP contribution in [-0.2, 0) is 11.3 Å². The number of hydrogen-bond donors (Lipinski definition) is 1. The van der Waals surface area contributed by atoms with Crippen molar-refractivity contribution < 1.29 is 14.3 Å². The van der Waals surface area contributed by atoms with Gasteiger partial charge in [0.05, 0.1) is 30.5 Å². The van der Waals surface area contributed by atoms with E-state index >= 15 is 0 Å². The predicted molar refractivity (Wildman–Crippen MR) is 88.6 cm³/mol. The zero-order chi connectivity index (χ0) is 16.4. The largest absolute Gasteiger partial charge is 0.494 e. The van der Waals surface area contributed by atoms with Gasteiger partial charge in [-0.05, 0) is 38.8 Å². The zero-order valence-electron chi connectivity index (χ0n) is 13.9. The molecule has 0 aliphatic heterocycles. The summed E-state index contributed by atoms with van der Waals surface area (Å²) >= 11 is 0. The number of aromatic nitrogens is 1. The van der Waals surface area contributed by atoms with Crippen LogP contribution in [0.25, 0.3) is 10.9 Å². The van der Waals surface area contributed by atoms with Crippen molar-refractivity contribution in [3.05, 3.63) is 22.9 Å². The second-order valence-electron chi connectivity index (χ2n) is 5.37. The molecule has 5 nitrogen and oxygen atoms in total. The van der Waals surface area contributed by atoms with E-state index in [-0.39, 0.29) is 5.97 Å². The second-order valence-corrected chi connectivity index (χ2v) is 5.37. The van der Waals surface area contributed by atoms with Crippen LogP contribution in [0.2, 0.25) is 0 Å². The molecule has 0 atom stereocenters. The fourth-order valence-corrected chi connectivity index (χ4v) is 3.01. The van der Waals surface area contributed by atoms with Gasteiger partial charge in [-0.2, -0.15) is 0 Å². The summed E-state index contributed by atoms with van der Waals surface area (Å²) in [5, 5.41) is 0.729. The molecule has 120 valence electrons. The van der Waals surface area contributed by atoms with Crippen LogP contribution in [0.4, 0.5) is 5.69 Å². The van der Waals surface area contributed by atoms with Crippen molar-refractivity contribution in [1.29, 1.82) is 0 Å². The lowest BCUT2D eigenvalue weighted by molar-refractivity contribution is 0.0527. The topological polar surface area (TPSA) is 66.5 Å². The molecule has 0 radical (unpaired) electrons. The summed E-state index contributed by atoms with van der Waals surface area (Å²) in [4.78, 5) is 12.4. The van der Waals surface area contributed by atoms with Crippen molar-refractivity contribution in [2.75, 3.05) is 19.5 Å². The van der Waals surface area contributed by atoms with Gasteiger partial charge in [0.2, 0.25) is 0 Å². The van der Waals surface area contributed by atoms with Gasteiger partial charge in [0.15, 0.2) is 0 Å². The lowest BCUT2D eigenvalue weighted by Crippen LogP contribution is -2.08. The molecule has 0 saturated carbocycles. The number of nitrogens with zero attached hydrogens (tertiary/aromatic N) is 1. The molecule has 2 N–H and O–H groups in total. The molecule has 1 aromatic heterocycles. The van der Waals surface area contributed by atoms with E-state index in [0.717, 1.165) is 35.1 Å². The molecule has 22 heavy (non-hydrogen) atoms. The van der Waals surface area contributed by atoms with Crippen molar-refractivity contribution in [2.45, 2.75) is 40.7 Å². The molecule has 5 heteroatoms. The molecule has 2 rings (SSSR count). The van der Waals surface area contributed by atoms with Crippen molar-refractivity contribution in [1.82, 2.24) is 4.57 Å². The number of carbonyl (C=O) groups excluding carboxylic acids is 1. The number of benzene rings is 1. The lowest BCUT2D eigenvalue weighted by atomic mass is 10.1. The Hall–Kier alpha value is -2.17. The highest BCUT2D eigenvalue weighted by Crippen LogP contribution is 2.39. The maximum atomic E-state index is 12.4. The number of fused-ring (bicyclic) bond motifs is 1. The van der Waals surface area contributed by atoms with Gasteiger partial charge in [0, 0.05) is 17.6 Å². The monoisotopic (exact) mass is 304 g/mol. The summed E-state index contributed by atoms with van der Waals surface area (Å²) in [6.07, 6.45) is 0.970. The number of anilines is 1. The Balaban J connectivity index is 2.88. The van der Waals surface area contributed by atoms with Crippen LogP contribution >= 0.6 is 0 Å². The van der Waals surface area contributed by atoms with Gasteiger partial charge < -0.3 is 19.8 Å². The highest BCUT2D eigenvalue weighted by Gasteiger charge is 2.25. The van der Waals surface area contributed by atoms with Crippen LogP contribution < -0.4 is 10.5 Å². The first-order valence-electron chi connectivity index (χ1n) is 7.60. The molecule has 1 aromatic carbocycles. The molecule has 0 bridgehead atoms. The van der Waals surface area contributed by atoms with Crippen molar-refractivity contribution in [2.24, 2.45) is 0 Å². The lowest BCUT2D eigenvalue weighted by Gasteiger charge is -2.11. The van der Waals surface area contributed by atoms with Gasteiger partial charge in [-0.25, -0.2) is 4.79 Å². The fraction of sp³-hybridized carbons (Fsp3) is 0.471. The quantitative estimate of drug-likeness (QED) is 0.679. The number of methoxy groups -OCH3 is 1. The van der Waals surface area contributed by atoms with E-state index in [4.69, 9.17) is 15.2 Å². The average molecular weight is 304 g/mol. The number of esters is 1. The summed E-state index contributed by atoms with van der Waals surface area (Å²) < 4.78 is 12.7. The molecule has 0 aliphatic carbocycles. The molecule has 0 fully saturated rings.